The first kappa shape index (κ1) is 26.7. The lowest BCUT2D eigenvalue weighted by Crippen LogP contribution is -2.49. The van der Waals surface area contributed by atoms with Gasteiger partial charge in [-0.1, -0.05) is 39.8 Å². The molecule has 0 bridgehead atoms. The molecule has 0 radical (unpaired) electrons. The monoisotopic (exact) mass is 472 g/mol. The van der Waals surface area contributed by atoms with Crippen molar-refractivity contribution in [2.75, 3.05) is 0 Å². The maximum atomic E-state index is 12.3. The molecular weight excluding hydrogens is 444 g/mol. The lowest BCUT2D eigenvalue weighted by molar-refractivity contribution is -0.141. The number of sulfonamides is 1. The van der Waals surface area contributed by atoms with E-state index in [1.165, 1.54) is 24.3 Å². The summed E-state index contributed by atoms with van der Waals surface area (Å²) in [5.41, 5.74) is 0.519. The Labute approximate surface area is 185 Å². The van der Waals surface area contributed by atoms with Crippen LogP contribution >= 0.6 is 0 Å². The van der Waals surface area contributed by atoms with Gasteiger partial charge in [0.2, 0.25) is 0 Å². The van der Waals surface area contributed by atoms with E-state index in [4.69, 9.17) is 10.2 Å². The van der Waals surface area contributed by atoms with Crippen molar-refractivity contribution in [2.24, 2.45) is 11.8 Å². The summed E-state index contributed by atoms with van der Waals surface area (Å²) in [5, 5.41) is 25.1. The van der Waals surface area contributed by atoms with Crippen LogP contribution in [0.4, 0.5) is 9.59 Å². The second kappa shape index (κ2) is 11.3. The summed E-state index contributed by atoms with van der Waals surface area (Å²) in [6.07, 6.45) is 0. The number of benzene rings is 1. The minimum absolute atomic E-state index is 0.000804. The molecular formula is C19H28N4O8S. The van der Waals surface area contributed by atoms with E-state index >= 15 is 0 Å². The standard InChI is InChI=1S/C19H28N4O8S/c1-10(2)14(16(24)25)21-18(28)20-9-12-5-7-13(8-6-12)32(30,31)23-19(29)22-15(11(3)4)17(26)27/h5-8,10-11,14-15H,9H2,1-4H3,(H,24,25)(H,26,27)(H2,20,21,28)(H2,22,23,29). The summed E-state index contributed by atoms with van der Waals surface area (Å²) < 4.78 is 26.4. The highest BCUT2D eigenvalue weighted by Gasteiger charge is 2.26. The number of hydrogen-bond acceptors (Lipinski definition) is 6. The molecule has 0 fully saturated rings. The largest absolute Gasteiger partial charge is 0.480 e. The fourth-order valence-corrected chi connectivity index (χ4v) is 3.46. The van der Waals surface area contributed by atoms with Gasteiger partial charge in [0.15, 0.2) is 0 Å². The van der Waals surface area contributed by atoms with Gasteiger partial charge in [-0.05, 0) is 29.5 Å². The van der Waals surface area contributed by atoms with Gasteiger partial charge >= 0.3 is 24.0 Å². The highest BCUT2D eigenvalue weighted by atomic mass is 32.2. The summed E-state index contributed by atoms with van der Waals surface area (Å²) in [6, 6.07) is 1.02. The van der Waals surface area contributed by atoms with E-state index in [-0.39, 0.29) is 17.4 Å². The molecule has 1 aromatic rings. The number of rotatable bonds is 10. The van der Waals surface area contributed by atoms with Crippen molar-refractivity contribution < 1.29 is 37.8 Å². The number of aliphatic carboxylic acids is 2. The smallest absolute Gasteiger partial charge is 0.329 e. The number of hydrogen-bond donors (Lipinski definition) is 6. The number of urea groups is 2. The van der Waals surface area contributed by atoms with Gasteiger partial charge in [0.1, 0.15) is 12.1 Å². The molecule has 0 saturated heterocycles. The Morgan fingerprint density at radius 3 is 1.66 bits per heavy atom. The van der Waals surface area contributed by atoms with Gasteiger partial charge in [0.05, 0.1) is 4.90 Å². The summed E-state index contributed by atoms with van der Waals surface area (Å²) in [7, 11) is -4.26. The second-order valence-corrected chi connectivity index (χ2v) is 9.35. The zero-order chi connectivity index (χ0) is 24.6. The summed E-state index contributed by atoms with van der Waals surface area (Å²) in [6.45, 7) is 6.42. The lowest BCUT2D eigenvalue weighted by Gasteiger charge is -2.18. The van der Waals surface area contributed by atoms with E-state index in [9.17, 15) is 27.6 Å². The first-order valence-electron chi connectivity index (χ1n) is 9.66. The minimum atomic E-state index is -4.26. The highest BCUT2D eigenvalue weighted by Crippen LogP contribution is 2.11. The average Bonchev–Trinajstić information content (AvgIpc) is 2.67. The second-order valence-electron chi connectivity index (χ2n) is 7.67. The van der Waals surface area contributed by atoms with Gasteiger partial charge in [0.25, 0.3) is 10.0 Å². The summed E-state index contributed by atoms with van der Waals surface area (Å²) in [4.78, 5) is 45.8. The molecule has 6 N–H and O–H groups in total. The van der Waals surface area contributed by atoms with Crippen molar-refractivity contribution in [1.82, 2.24) is 20.7 Å². The molecule has 0 spiro atoms. The van der Waals surface area contributed by atoms with Crippen LogP contribution < -0.4 is 20.7 Å². The van der Waals surface area contributed by atoms with Gasteiger partial charge < -0.3 is 26.2 Å². The molecule has 1 aromatic carbocycles. The van der Waals surface area contributed by atoms with Crippen molar-refractivity contribution in [2.45, 2.75) is 51.2 Å². The van der Waals surface area contributed by atoms with Gasteiger partial charge in [-0.15, -0.1) is 0 Å². The molecule has 0 aliphatic rings. The van der Waals surface area contributed by atoms with E-state index in [2.05, 4.69) is 16.0 Å². The molecule has 0 saturated carbocycles. The number of carboxylic acid groups (broad SMARTS) is 2. The van der Waals surface area contributed by atoms with Crippen LogP contribution in [0.3, 0.4) is 0 Å². The van der Waals surface area contributed by atoms with Gasteiger partial charge in [0, 0.05) is 6.54 Å². The van der Waals surface area contributed by atoms with Crippen molar-refractivity contribution in [3.63, 3.8) is 0 Å². The Morgan fingerprint density at radius 2 is 1.25 bits per heavy atom. The van der Waals surface area contributed by atoms with Crippen molar-refractivity contribution in [3.05, 3.63) is 29.8 Å². The van der Waals surface area contributed by atoms with Crippen molar-refractivity contribution in [3.8, 4) is 0 Å². The van der Waals surface area contributed by atoms with E-state index in [0.717, 1.165) is 0 Å². The number of amides is 4. The molecule has 0 heterocycles. The molecule has 0 aromatic heterocycles. The van der Waals surface area contributed by atoms with Gasteiger partial charge in [-0.3, -0.25) is 0 Å². The highest BCUT2D eigenvalue weighted by molar-refractivity contribution is 7.90. The molecule has 32 heavy (non-hydrogen) atoms. The van der Waals surface area contributed by atoms with Crippen LogP contribution in [0.1, 0.15) is 33.3 Å². The number of nitrogens with one attached hydrogen (secondary N) is 4. The zero-order valence-electron chi connectivity index (χ0n) is 18.1. The minimum Gasteiger partial charge on any atom is -0.480 e. The van der Waals surface area contributed by atoms with Crippen molar-refractivity contribution in [1.29, 1.82) is 0 Å². The van der Waals surface area contributed by atoms with Crippen LogP contribution in [0.5, 0.6) is 0 Å². The molecule has 1 rings (SSSR count). The van der Waals surface area contributed by atoms with Crippen molar-refractivity contribution >= 4 is 34.0 Å². The number of carboxylic acids is 2. The van der Waals surface area contributed by atoms with Crippen LogP contribution in [0, 0.1) is 11.8 Å². The third-order valence-corrected chi connectivity index (χ3v) is 5.70. The Balaban J connectivity index is 2.72. The molecule has 178 valence electrons. The molecule has 12 nitrogen and oxygen atoms in total. The number of carbonyl (C=O) groups excluding carboxylic acids is 2. The normalized spacial score (nSPS) is 13.2. The van der Waals surface area contributed by atoms with E-state index < -0.39 is 52.0 Å². The maximum Gasteiger partial charge on any atom is 0.329 e. The third-order valence-electron chi connectivity index (χ3n) is 4.35. The van der Waals surface area contributed by atoms with Crippen LogP contribution in [0.2, 0.25) is 0 Å². The topological polar surface area (TPSA) is 191 Å². The van der Waals surface area contributed by atoms with Gasteiger partial charge in [-0.2, -0.15) is 0 Å². The Hall–Kier alpha value is -3.35. The summed E-state index contributed by atoms with van der Waals surface area (Å²) in [5.74, 6) is -3.24. The summed E-state index contributed by atoms with van der Waals surface area (Å²) >= 11 is 0. The fraction of sp³-hybridized carbons (Fsp3) is 0.474. The first-order valence-corrected chi connectivity index (χ1v) is 11.1. The van der Waals surface area contributed by atoms with Crippen LogP contribution in [-0.2, 0) is 26.2 Å². The Kier molecular flexibility index (Phi) is 9.44. The van der Waals surface area contributed by atoms with Crippen LogP contribution in [-0.4, -0.2) is 54.7 Å². The van der Waals surface area contributed by atoms with E-state index in [1.54, 1.807) is 32.4 Å². The van der Waals surface area contributed by atoms with Crippen LogP contribution in [0.25, 0.3) is 0 Å². The molecule has 0 aliphatic carbocycles. The first-order chi connectivity index (χ1) is 14.7. The third kappa shape index (κ3) is 8.06. The molecule has 2 unspecified atom stereocenters. The predicted molar refractivity (Wildman–Crippen MR) is 113 cm³/mol. The molecule has 13 heteroatoms. The molecule has 4 amide bonds. The Bertz CT molecular complexity index is 945. The molecule has 2 atom stereocenters. The van der Waals surface area contributed by atoms with E-state index in [0.29, 0.717) is 5.56 Å². The van der Waals surface area contributed by atoms with E-state index in [1.807, 2.05) is 0 Å². The van der Waals surface area contributed by atoms with Gasteiger partial charge in [-0.25, -0.2) is 32.3 Å². The molecule has 0 aliphatic heterocycles. The predicted octanol–water partition coefficient (Wildman–Crippen LogP) is 0.692. The number of carbonyl (C=O) groups is 4. The SMILES string of the molecule is CC(C)C(NC(=O)NCc1ccc(S(=O)(=O)NC(=O)NC(C(=O)O)C(C)C)cc1)C(=O)O. The lowest BCUT2D eigenvalue weighted by atomic mass is 10.1. The average molecular weight is 473 g/mol. The quantitative estimate of drug-likeness (QED) is 0.286. The Morgan fingerprint density at radius 1 is 0.812 bits per heavy atom. The fourth-order valence-electron chi connectivity index (χ4n) is 2.54. The van der Waals surface area contributed by atoms with Crippen LogP contribution in [0.15, 0.2) is 29.2 Å². The zero-order valence-corrected chi connectivity index (χ0v) is 18.9. The maximum absolute atomic E-state index is 12.3.